The third-order valence-corrected chi connectivity index (χ3v) is 5.11. The summed E-state index contributed by atoms with van der Waals surface area (Å²) in [5.74, 6) is 0.786. The third-order valence-electron chi connectivity index (χ3n) is 5.11. The molecule has 5 heteroatoms. The molecule has 1 atom stereocenters. The van der Waals surface area contributed by atoms with Crippen LogP contribution in [0, 0.1) is 23.7 Å². The molecule has 1 aromatic carbocycles. The molecule has 0 radical (unpaired) electrons. The van der Waals surface area contributed by atoms with Crippen molar-refractivity contribution in [3.63, 3.8) is 0 Å². The number of rotatable bonds is 1. The molecule has 0 amide bonds. The number of nitriles is 1. The van der Waals surface area contributed by atoms with E-state index in [0.717, 1.165) is 40.3 Å². The van der Waals surface area contributed by atoms with E-state index >= 15 is 0 Å². The number of anilines is 1. The van der Waals surface area contributed by atoms with E-state index in [0.29, 0.717) is 12.0 Å². The molecule has 1 unspecified atom stereocenters. The van der Waals surface area contributed by atoms with Gasteiger partial charge in [-0.15, -0.1) is 0 Å². The van der Waals surface area contributed by atoms with Gasteiger partial charge in [-0.3, -0.25) is 9.89 Å². The minimum absolute atomic E-state index is 0.0647. The number of allylic oxidation sites excluding steroid dienone is 2. The number of H-pyrrole nitrogens is 1. The van der Waals surface area contributed by atoms with Crippen molar-refractivity contribution < 1.29 is 4.79 Å². The van der Waals surface area contributed by atoms with Crippen molar-refractivity contribution in [1.29, 1.82) is 5.26 Å². The van der Waals surface area contributed by atoms with Crippen LogP contribution in [-0.2, 0) is 4.79 Å². The molecule has 1 aromatic heterocycles. The number of carbonyl (C=O) groups excluding carboxylic acids is 1. The van der Waals surface area contributed by atoms with Gasteiger partial charge >= 0.3 is 0 Å². The second-order valence-corrected chi connectivity index (χ2v) is 7.74. The van der Waals surface area contributed by atoms with Gasteiger partial charge in [-0.05, 0) is 36.5 Å². The molecular weight excluding hydrogens is 336 g/mol. The number of ketones is 1. The van der Waals surface area contributed by atoms with Crippen LogP contribution in [0.2, 0.25) is 0 Å². The number of hydrogen-bond donors (Lipinski definition) is 2. The van der Waals surface area contributed by atoms with Gasteiger partial charge in [0.15, 0.2) is 11.6 Å². The Bertz CT molecular complexity index is 959. The molecule has 2 heterocycles. The fourth-order valence-corrected chi connectivity index (χ4v) is 4.08. The Balaban J connectivity index is 0.00000102. The van der Waals surface area contributed by atoms with Crippen LogP contribution in [0.15, 0.2) is 35.5 Å². The quantitative estimate of drug-likeness (QED) is 0.762. The van der Waals surface area contributed by atoms with Crippen molar-refractivity contribution >= 4 is 11.6 Å². The van der Waals surface area contributed by atoms with Gasteiger partial charge in [-0.2, -0.15) is 10.4 Å². The van der Waals surface area contributed by atoms with Gasteiger partial charge in [0, 0.05) is 34.9 Å². The zero-order valence-electron chi connectivity index (χ0n) is 16.6. The number of aromatic nitrogens is 2. The summed E-state index contributed by atoms with van der Waals surface area (Å²) in [6.45, 7) is 10.2. The molecule has 0 bridgehead atoms. The molecule has 0 fully saturated rings. The molecule has 1 aliphatic heterocycles. The number of benzene rings is 1. The molecule has 2 aromatic rings. The van der Waals surface area contributed by atoms with E-state index in [-0.39, 0.29) is 17.1 Å². The molecule has 0 saturated carbocycles. The minimum Gasteiger partial charge on any atom is -0.342 e. The smallest absolute Gasteiger partial charge is 0.162 e. The topological polar surface area (TPSA) is 81.6 Å². The van der Waals surface area contributed by atoms with Crippen LogP contribution >= 0.6 is 0 Å². The minimum atomic E-state index is -0.179. The van der Waals surface area contributed by atoms with E-state index in [1.165, 1.54) is 0 Å². The second kappa shape index (κ2) is 7.03. The van der Waals surface area contributed by atoms with Gasteiger partial charge in [0.2, 0.25) is 0 Å². The summed E-state index contributed by atoms with van der Waals surface area (Å²) in [4.78, 5) is 13.0. The fourth-order valence-electron chi connectivity index (χ4n) is 4.08. The van der Waals surface area contributed by atoms with Crippen LogP contribution in [0.3, 0.4) is 0 Å². The molecule has 4 rings (SSSR count). The van der Waals surface area contributed by atoms with Gasteiger partial charge in [-0.25, -0.2) is 0 Å². The molecule has 0 saturated heterocycles. The first-order chi connectivity index (χ1) is 12.9. The zero-order chi connectivity index (χ0) is 19.8. The maximum atomic E-state index is 13.0. The van der Waals surface area contributed by atoms with Gasteiger partial charge in [-0.1, -0.05) is 39.8 Å². The van der Waals surface area contributed by atoms with Crippen molar-refractivity contribution in [3.8, 4) is 6.07 Å². The first-order valence-corrected chi connectivity index (χ1v) is 9.48. The number of hydrogen-bond acceptors (Lipinski definition) is 4. The lowest BCUT2D eigenvalue weighted by Crippen LogP contribution is -2.33. The highest BCUT2D eigenvalue weighted by Gasteiger charge is 2.42. The van der Waals surface area contributed by atoms with Crippen molar-refractivity contribution in [2.75, 3.05) is 5.32 Å². The lowest BCUT2D eigenvalue weighted by Gasteiger charge is -2.38. The van der Waals surface area contributed by atoms with Crippen molar-refractivity contribution in [3.05, 3.63) is 57.9 Å². The van der Waals surface area contributed by atoms with Gasteiger partial charge in [0.05, 0.1) is 11.6 Å². The number of aryl methyl sites for hydroxylation is 1. The first-order valence-electron chi connectivity index (χ1n) is 9.48. The van der Waals surface area contributed by atoms with Crippen LogP contribution in [0.5, 0.6) is 0 Å². The van der Waals surface area contributed by atoms with Crippen LogP contribution in [0.1, 0.15) is 68.8 Å². The van der Waals surface area contributed by atoms with Gasteiger partial charge in [0.1, 0.15) is 0 Å². The molecule has 2 aliphatic rings. The Labute approximate surface area is 160 Å². The maximum Gasteiger partial charge on any atom is 0.162 e. The summed E-state index contributed by atoms with van der Waals surface area (Å²) in [6.07, 6.45) is 1.35. The largest absolute Gasteiger partial charge is 0.342 e. The van der Waals surface area contributed by atoms with Gasteiger partial charge < -0.3 is 5.32 Å². The summed E-state index contributed by atoms with van der Waals surface area (Å²) < 4.78 is 0. The number of nitrogens with one attached hydrogen (secondary N) is 2. The maximum absolute atomic E-state index is 13.0. The summed E-state index contributed by atoms with van der Waals surface area (Å²) in [6, 6.07) is 9.73. The van der Waals surface area contributed by atoms with Crippen LogP contribution < -0.4 is 5.32 Å². The highest BCUT2D eigenvalue weighted by atomic mass is 16.1. The number of nitrogens with zero attached hydrogens (tertiary/aromatic N) is 2. The van der Waals surface area contributed by atoms with Crippen molar-refractivity contribution in [2.45, 2.75) is 53.4 Å². The molecule has 0 spiro atoms. The highest BCUT2D eigenvalue weighted by molar-refractivity contribution is 6.01. The van der Waals surface area contributed by atoms with Gasteiger partial charge in [0.25, 0.3) is 0 Å². The van der Waals surface area contributed by atoms with E-state index in [9.17, 15) is 10.1 Å². The predicted octanol–water partition coefficient (Wildman–Crippen LogP) is 4.82. The molecule has 5 nitrogen and oxygen atoms in total. The summed E-state index contributed by atoms with van der Waals surface area (Å²) >= 11 is 0. The Kier molecular flexibility index (Phi) is 4.93. The normalized spacial score (nSPS) is 19.9. The Morgan fingerprint density at radius 3 is 2.70 bits per heavy atom. The van der Waals surface area contributed by atoms with E-state index in [1.807, 2.05) is 39.0 Å². The lowest BCUT2D eigenvalue weighted by molar-refractivity contribution is -0.118. The number of fused-ring (bicyclic) bond motifs is 1. The first kappa shape index (κ1) is 18.9. The van der Waals surface area contributed by atoms with Crippen molar-refractivity contribution in [2.24, 2.45) is 5.41 Å². The summed E-state index contributed by atoms with van der Waals surface area (Å²) in [7, 11) is 0. The number of Topliss-reactive ketones (excluding diaryl/α,β-unsaturated/α-hetero) is 1. The SMILES string of the molecule is CC.Cc1[nH]nc2c1C(c1cccc(C#N)c1)C1=C(CC(C)(C)CC1=O)N2. The Hall–Kier alpha value is -2.87. The molecule has 140 valence electrons. The molecular formula is C22H26N4O. The van der Waals surface area contributed by atoms with Crippen LogP contribution in [0.25, 0.3) is 0 Å². The zero-order valence-corrected chi connectivity index (χ0v) is 16.6. The van der Waals surface area contributed by atoms with E-state index in [1.54, 1.807) is 6.07 Å². The van der Waals surface area contributed by atoms with E-state index < -0.39 is 0 Å². The fraction of sp³-hybridized carbons (Fsp3) is 0.409. The number of carbonyl (C=O) groups is 1. The third kappa shape index (κ3) is 3.28. The standard InChI is InChI=1S/C20H20N4O.C2H6/c1-11-16-17(13-6-4-5-12(7-13)10-21)18-14(22-19(16)24-23-11)8-20(2,3)9-15(18)25;1-2/h4-7,17H,8-9H2,1-3H3,(H2,22,23,24);1-2H3. The second-order valence-electron chi connectivity index (χ2n) is 7.74. The monoisotopic (exact) mass is 362 g/mol. The van der Waals surface area contributed by atoms with Crippen LogP contribution in [-0.4, -0.2) is 16.0 Å². The number of aromatic amines is 1. The highest BCUT2D eigenvalue weighted by Crippen LogP contribution is 2.49. The Morgan fingerprint density at radius 1 is 1.26 bits per heavy atom. The Morgan fingerprint density at radius 2 is 2.00 bits per heavy atom. The van der Waals surface area contributed by atoms with E-state index in [4.69, 9.17) is 0 Å². The average Bonchev–Trinajstić information content (AvgIpc) is 3.01. The molecule has 1 aliphatic carbocycles. The summed E-state index contributed by atoms with van der Waals surface area (Å²) in [5, 5.41) is 20.1. The molecule has 2 N–H and O–H groups in total. The molecule has 27 heavy (non-hydrogen) atoms. The van der Waals surface area contributed by atoms with E-state index in [2.05, 4.69) is 35.4 Å². The predicted molar refractivity (Wildman–Crippen MR) is 106 cm³/mol. The van der Waals surface area contributed by atoms with Crippen molar-refractivity contribution in [1.82, 2.24) is 10.2 Å². The van der Waals surface area contributed by atoms with Crippen LogP contribution in [0.4, 0.5) is 5.82 Å². The average molecular weight is 362 g/mol. The lowest BCUT2D eigenvalue weighted by atomic mass is 9.69. The summed E-state index contributed by atoms with van der Waals surface area (Å²) in [5.41, 5.74) is 5.24.